The number of carbonyl (C=O) groups excluding carboxylic acids is 1. The summed E-state index contributed by atoms with van der Waals surface area (Å²) in [6, 6.07) is 5.55. The highest BCUT2D eigenvalue weighted by Gasteiger charge is 2.11. The number of benzene rings is 1. The Morgan fingerprint density at radius 1 is 1.44 bits per heavy atom. The molecule has 1 aromatic rings. The predicted molar refractivity (Wildman–Crippen MR) is 67.9 cm³/mol. The van der Waals surface area contributed by atoms with Gasteiger partial charge in [-0.2, -0.15) is 0 Å². The van der Waals surface area contributed by atoms with Gasteiger partial charge in [0.05, 0.1) is 10.9 Å². The molecule has 0 spiro atoms. The van der Waals surface area contributed by atoms with Crippen LogP contribution < -0.4 is 16.2 Å². The second-order valence-electron chi connectivity index (χ2n) is 3.92. The largest absolute Gasteiger partial charge is 0.351 e. The molecule has 0 aliphatic heterocycles. The van der Waals surface area contributed by atoms with Gasteiger partial charge < -0.3 is 11.1 Å². The number of carbonyl (C=O) groups is 1. The Morgan fingerprint density at radius 2 is 2.11 bits per heavy atom. The molecule has 1 amide bonds. The lowest BCUT2D eigenvalue weighted by Crippen LogP contribution is -2.39. The molecular weight excluding hydrogens is 254 g/mol. The van der Waals surface area contributed by atoms with Gasteiger partial charge in [-0.15, -0.1) is 0 Å². The van der Waals surface area contributed by atoms with Crippen LogP contribution in [-0.2, 0) is 21.4 Å². The lowest BCUT2D eigenvalue weighted by molar-refractivity contribution is -0.122. The molecule has 6 nitrogen and oxygen atoms in total. The number of hydrogen-bond donors (Lipinski definition) is 3. The fraction of sp³-hybridized carbons (Fsp3) is 0.364. The Kier molecular flexibility index (Phi) is 4.83. The molecule has 1 rings (SSSR count). The summed E-state index contributed by atoms with van der Waals surface area (Å²) in [6.07, 6.45) is 0.545. The highest BCUT2D eigenvalue weighted by molar-refractivity contribution is 7.89. The summed E-state index contributed by atoms with van der Waals surface area (Å²) in [5, 5.41) is 7.64. The third kappa shape index (κ3) is 4.10. The summed E-state index contributed by atoms with van der Waals surface area (Å²) in [5.41, 5.74) is 6.20. The van der Waals surface area contributed by atoms with E-state index in [2.05, 4.69) is 5.32 Å². The van der Waals surface area contributed by atoms with Crippen LogP contribution in [0.4, 0.5) is 0 Å². The summed E-state index contributed by atoms with van der Waals surface area (Å²) in [4.78, 5) is 11.5. The summed E-state index contributed by atoms with van der Waals surface area (Å²) < 4.78 is 22.3. The van der Waals surface area contributed by atoms with E-state index < -0.39 is 16.1 Å². The fourth-order valence-electron chi connectivity index (χ4n) is 1.34. The Bertz CT molecular complexity index is 528. The maximum absolute atomic E-state index is 11.5. The Hall–Kier alpha value is -1.44. The molecule has 1 atom stereocenters. The van der Waals surface area contributed by atoms with Gasteiger partial charge >= 0.3 is 0 Å². The lowest BCUT2D eigenvalue weighted by atomic mass is 10.2. The summed E-state index contributed by atoms with van der Waals surface area (Å²) in [7, 11) is -3.72. The monoisotopic (exact) mass is 271 g/mol. The summed E-state index contributed by atoms with van der Waals surface area (Å²) >= 11 is 0. The number of nitrogens with one attached hydrogen (secondary N) is 1. The van der Waals surface area contributed by atoms with Crippen molar-refractivity contribution in [1.82, 2.24) is 5.32 Å². The molecule has 0 aliphatic rings. The molecule has 1 aromatic carbocycles. The van der Waals surface area contributed by atoms with Crippen LogP contribution in [0.25, 0.3) is 0 Å². The van der Waals surface area contributed by atoms with E-state index in [1.165, 1.54) is 12.1 Å². The zero-order valence-corrected chi connectivity index (χ0v) is 10.9. The first-order valence-electron chi connectivity index (χ1n) is 5.49. The molecule has 0 fully saturated rings. The van der Waals surface area contributed by atoms with Gasteiger partial charge in [0.15, 0.2) is 0 Å². The Balaban J connectivity index is 2.72. The summed E-state index contributed by atoms with van der Waals surface area (Å²) in [5.74, 6) is -0.265. The van der Waals surface area contributed by atoms with Crippen molar-refractivity contribution in [2.45, 2.75) is 30.8 Å². The number of rotatable bonds is 5. The lowest BCUT2D eigenvalue weighted by Gasteiger charge is -2.10. The first-order chi connectivity index (χ1) is 8.34. The number of sulfonamides is 1. The van der Waals surface area contributed by atoms with E-state index in [1.54, 1.807) is 12.1 Å². The topological polar surface area (TPSA) is 115 Å². The molecule has 0 heterocycles. The van der Waals surface area contributed by atoms with Crippen LogP contribution >= 0.6 is 0 Å². The fourth-order valence-corrected chi connectivity index (χ4v) is 1.92. The van der Waals surface area contributed by atoms with E-state index in [-0.39, 0.29) is 17.3 Å². The molecule has 0 unspecified atom stereocenters. The maximum Gasteiger partial charge on any atom is 0.238 e. The van der Waals surface area contributed by atoms with E-state index in [4.69, 9.17) is 10.9 Å². The van der Waals surface area contributed by atoms with Crippen molar-refractivity contribution in [3.05, 3.63) is 29.8 Å². The van der Waals surface area contributed by atoms with E-state index in [0.717, 1.165) is 0 Å². The molecule has 18 heavy (non-hydrogen) atoms. The molecule has 5 N–H and O–H groups in total. The number of hydrogen-bond acceptors (Lipinski definition) is 4. The molecule has 0 saturated heterocycles. The van der Waals surface area contributed by atoms with Crippen LogP contribution in [0.5, 0.6) is 0 Å². The van der Waals surface area contributed by atoms with Crippen molar-refractivity contribution in [2.75, 3.05) is 0 Å². The van der Waals surface area contributed by atoms with Crippen molar-refractivity contribution in [3.63, 3.8) is 0 Å². The molecule has 0 aromatic heterocycles. The standard InChI is InChI=1S/C11H17N3O3S/c1-2-10(12)11(15)14-7-8-4-3-5-9(6-8)18(13,16)17/h3-6,10H,2,7,12H2,1H3,(H,14,15)(H2,13,16,17)/t10-/m1/s1. The summed E-state index contributed by atoms with van der Waals surface area (Å²) in [6.45, 7) is 2.03. The SMILES string of the molecule is CC[C@@H](N)C(=O)NCc1cccc(S(N)(=O)=O)c1. The number of nitrogens with two attached hydrogens (primary N) is 2. The number of primary sulfonamides is 1. The zero-order chi connectivity index (χ0) is 13.8. The molecular formula is C11H17N3O3S. The van der Waals surface area contributed by atoms with Gasteiger partial charge in [-0.25, -0.2) is 13.6 Å². The van der Waals surface area contributed by atoms with Gasteiger partial charge in [-0.05, 0) is 24.1 Å². The van der Waals surface area contributed by atoms with E-state index in [1.807, 2.05) is 6.92 Å². The smallest absolute Gasteiger partial charge is 0.238 e. The van der Waals surface area contributed by atoms with Crippen molar-refractivity contribution in [1.29, 1.82) is 0 Å². The molecule has 0 saturated carbocycles. The molecule has 7 heteroatoms. The van der Waals surface area contributed by atoms with E-state index >= 15 is 0 Å². The van der Waals surface area contributed by atoms with Crippen molar-refractivity contribution in [2.24, 2.45) is 10.9 Å². The van der Waals surface area contributed by atoms with Gasteiger partial charge in [-0.3, -0.25) is 4.79 Å². The first-order valence-corrected chi connectivity index (χ1v) is 7.04. The quantitative estimate of drug-likeness (QED) is 0.681. The highest BCUT2D eigenvalue weighted by atomic mass is 32.2. The third-order valence-corrected chi connectivity index (χ3v) is 3.38. The van der Waals surface area contributed by atoms with Crippen LogP contribution in [0, 0.1) is 0 Å². The Labute approximate surface area is 106 Å². The van der Waals surface area contributed by atoms with E-state index in [9.17, 15) is 13.2 Å². The second kappa shape index (κ2) is 5.94. The highest BCUT2D eigenvalue weighted by Crippen LogP contribution is 2.09. The van der Waals surface area contributed by atoms with Crippen LogP contribution in [0.15, 0.2) is 29.2 Å². The third-order valence-electron chi connectivity index (χ3n) is 2.47. The number of amides is 1. The first kappa shape index (κ1) is 14.6. The van der Waals surface area contributed by atoms with Crippen LogP contribution in [0.2, 0.25) is 0 Å². The van der Waals surface area contributed by atoms with Gasteiger partial charge in [0.2, 0.25) is 15.9 Å². The predicted octanol–water partition coefficient (Wildman–Crippen LogP) is -0.312. The van der Waals surface area contributed by atoms with Crippen LogP contribution in [0.1, 0.15) is 18.9 Å². The molecule has 100 valence electrons. The van der Waals surface area contributed by atoms with Crippen molar-refractivity contribution in [3.8, 4) is 0 Å². The zero-order valence-electron chi connectivity index (χ0n) is 10.1. The van der Waals surface area contributed by atoms with Gasteiger partial charge in [-0.1, -0.05) is 19.1 Å². The Morgan fingerprint density at radius 3 is 2.67 bits per heavy atom. The average Bonchev–Trinajstić information content (AvgIpc) is 2.34. The minimum Gasteiger partial charge on any atom is -0.351 e. The molecule has 0 bridgehead atoms. The van der Waals surface area contributed by atoms with Gasteiger partial charge in [0.25, 0.3) is 0 Å². The van der Waals surface area contributed by atoms with Gasteiger partial charge in [0.1, 0.15) is 0 Å². The molecule has 0 aliphatic carbocycles. The minimum atomic E-state index is -3.72. The molecule has 0 radical (unpaired) electrons. The maximum atomic E-state index is 11.5. The van der Waals surface area contributed by atoms with Crippen molar-refractivity contribution >= 4 is 15.9 Å². The normalized spacial score (nSPS) is 13.1. The minimum absolute atomic E-state index is 0.0223. The van der Waals surface area contributed by atoms with Crippen LogP contribution in [-0.4, -0.2) is 20.4 Å². The van der Waals surface area contributed by atoms with Gasteiger partial charge in [0, 0.05) is 6.54 Å². The van der Waals surface area contributed by atoms with Crippen molar-refractivity contribution < 1.29 is 13.2 Å². The average molecular weight is 271 g/mol. The van der Waals surface area contributed by atoms with E-state index in [0.29, 0.717) is 12.0 Å². The van der Waals surface area contributed by atoms with Crippen LogP contribution in [0.3, 0.4) is 0 Å². The second-order valence-corrected chi connectivity index (χ2v) is 5.49.